The van der Waals surface area contributed by atoms with E-state index in [-0.39, 0.29) is 17.6 Å². The molecule has 1 rings (SSSR count). The summed E-state index contributed by atoms with van der Waals surface area (Å²) < 4.78 is 6.29. The summed E-state index contributed by atoms with van der Waals surface area (Å²) in [4.78, 5) is 0. The molecule has 1 saturated heterocycles. The third-order valence-corrected chi connectivity index (χ3v) is 5.47. The summed E-state index contributed by atoms with van der Waals surface area (Å²) in [7, 11) is 0. The van der Waals surface area contributed by atoms with Gasteiger partial charge in [-0.3, -0.25) is 0 Å². The molecule has 1 fully saturated rings. The third-order valence-electron chi connectivity index (χ3n) is 5.47. The normalized spacial score (nSPS) is 28.6. The first-order valence-corrected chi connectivity index (χ1v) is 7.20. The zero-order chi connectivity index (χ0) is 13.2. The van der Waals surface area contributed by atoms with Crippen LogP contribution in [-0.4, -0.2) is 23.9 Å². The summed E-state index contributed by atoms with van der Waals surface area (Å²) in [5.41, 5.74) is 0.270. The highest BCUT2D eigenvalue weighted by atomic mass is 16.5. The van der Waals surface area contributed by atoms with Gasteiger partial charge in [-0.15, -0.1) is 0 Å². The standard InChI is InChI=1S/C15H30O2/c1-6-14(7-2)10-12-17-15(14,8-3)13(4,5)9-11-16/h16H,6-12H2,1-5H3. The lowest BCUT2D eigenvalue weighted by atomic mass is 9.55. The highest BCUT2D eigenvalue weighted by molar-refractivity contribution is 5.09. The maximum atomic E-state index is 9.33. The van der Waals surface area contributed by atoms with Gasteiger partial charge in [0.15, 0.2) is 0 Å². The average Bonchev–Trinajstić information content (AvgIpc) is 2.69. The topological polar surface area (TPSA) is 29.5 Å². The van der Waals surface area contributed by atoms with Crippen LogP contribution >= 0.6 is 0 Å². The molecule has 0 bridgehead atoms. The van der Waals surface area contributed by atoms with Crippen LogP contribution in [0.3, 0.4) is 0 Å². The zero-order valence-corrected chi connectivity index (χ0v) is 12.3. The molecule has 0 amide bonds. The molecule has 1 aliphatic rings. The molecule has 2 heteroatoms. The Morgan fingerprint density at radius 1 is 1.12 bits per heavy atom. The van der Waals surface area contributed by atoms with Crippen LogP contribution in [0.4, 0.5) is 0 Å². The van der Waals surface area contributed by atoms with Crippen LogP contribution in [-0.2, 0) is 4.74 Å². The van der Waals surface area contributed by atoms with E-state index in [2.05, 4.69) is 34.6 Å². The van der Waals surface area contributed by atoms with Crippen molar-refractivity contribution in [2.24, 2.45) is 10.8 Å². The average molecular weight is 242 g/mol. The Hall–Kier alpha value is -0.0800. The molecule has 1 N–H and O–H groups in total. The van der Waals surface area contributed by atoms with E-state index in [1.807, 2.05) is 0 Å². The van der Waals surface area contributed by atoms with Gasteiger partial charge in [-0.05, 0) is 37.5 Å². The van der Waals surface area contributed by atoms with E-state index in [1.165, 1.54) is 19.3 Å². The van der Waals surface area contributed by atoms with Gasteiger partial charge in [-0.25, -0.2) is 0 Å². The van der Waals surface area contributed by atoms with Crippen LogP contribution in [0.15, 0.2) is 0 Å². The fourth-order valence-corrected chi connectivity index (χ4v) is 4.30. The molecular formula is C15H30O2. The van der Waals surface area contributed by atoms with Crippen LogP contribution in [0.5, 0.6) is 0 Å². The minimum Gasteiger partial charge on any atom is -0.396 e. The van der Waals surface area contributed by atoms with Crippen LogP contribution in [0.25, 0.3) is 0 Å². The van der Waals surface area contributed by atoms with Gasteiger partial charge in [0.1, 0.15) is 0 Å². The second-order valence-corrected chi connectivity index (χ2v) is 6.12. The van der Waals surface area contributed by atoms with Crippen molar-refractivity contribution >= 4 is 0 Å². The number of hydrogen-bond donors (Lipinski definition) is 1. The van der Waals surface area contributed by atoms with Gasteiger partial charge in [0.2, 0.25) is 0 Å². The summed E-state index contributed by atoms with van der Waals surface area (Å²) in [6.45, 7) is 12.5. The van der Waals surface area contributed by atoms with Gasteiger partial charge in [-0.2, -0.15) is 0 Å². The lowest BCUT2D eigenvalue weighted by Crippen LogP contribution is -2.55. The van der Waals surface area contributed by atoms with E-state index >= 15 is 0 Å². The molecule has 0 aromatic rings. The Morgan fingerprint density at radius 3 is 2.12 bits per heavy atom. The van der Waals surface area contributed by atoms with Gasteiger partial charge in [-0.1, -0.05) is 34.6 Å². The van der Waals surface area contributed by atoms with Crippen LogP contribution < -0.4 is 0 Å². The molecule has 0 saturated carbocycles. The molecule has 102 valence electrons. The van der Waals surface area contributed by atoms with Crippen molar-refractivity contribution in [1.82, 2.24) is 0 Å². The van der Waals surface area contributed by atoms with E-state index in [9.17, 15) is 5.11 Å². The molecule has 0 radical (unpaired) electrons. The quantitative estimate of drug-likeness (QED) is 0.768. The number of hydrogen-bond acceptors (Lipinski definition) is 2. The Labute approximate surface area is 107 Å². The van der Waals surface area contributed by atoms with E-state index in [1.54, 1.807) is 0 Å². The summed E-state index contributed by atoms with van der Waals surface area (Å²) in [6.07, 6.45) is 5.38. The summed E-state index contributed by atoms with van der Waals surface area (Å²) in [5, 5.41) is 9.33. The first kappa shape index (κ1) is 15.0. The van der Waals surface area contributed by atoms with E-state index in [0.29, 0.717) is 5.41 Å². The Balaban J connectivity index is 3.17. The largest absolute Gasteiger partial charge is 0.396 e. The van der Waals surface area contributed by atoms with Gasteiger partial charge in [0, 0.05) is 18.6 Å². The summed E-state index contributed by atoms with van der Waals surface area (Å²) >= 11 is 0. The SMILES string of the molecule is CCC1(CC)CCOC1(CC)C(C)(C)CCO. The van der Waals surface area contributed by atoms with Gasteiger partial charge < -0.3 is 9.84 Å². The van der Waals surface area contributed by atoms with Crippen molar-refractivity contribution in [2.75, 3.05) is 13.2 Å². The van der Waals surface area contributed by atoms with Crippen molar-refractivity contribution < 1.29 is 9.84 Å². The summed E-state index contributed by atoms with van der Waals surface area (Å²) in [5.74, 6) is 0. The fourth-order valence-electron chi connectivity index (χ4n) is 4.30. The lowest BCUT2D eigenvalue weighted by molar-refractivity contribution is -0.156. The zero-order valence-electron chi connectivity index (χ0n) is 12.3. The van der Waals surface area contributed by atoms with E-state index in [4.69, 9.17) is 4.74 Å². The highest BCUT2D eigenvalue weighted by Crippen LogP contribution is 2.59. The Kier molecular flexibility index (Phi) is 4.65. The second kappa shape index (κ2) is 5.27. The van der Waals surface area contributed by atoms with Gasteiger partial charge >= 0.3 is 0 Å². The number of rotatable bonds is 6. The Morgan fingerprint density at radius 2 is 1.71 bits per heavy atom. The molecule has 0 aromatic carbocycles. The van der Waals surface area contributed by atoms with E-state index < -0.39 is 0 Å². The van der Waals surface area contributed by atoms with Crippen LogP contribution in [0.1, 0.15) is 66.7 Å². The lowest BCUT2D eigenvalue weighted by Gasteiger charge is -2.53. The minimum absolute atomic E-state index is 0.0407. The maximum absolute atomic E-state index is 9.33. The van der Waals surface area contributed by atoms with Crippen molar-refractivity contribution in [2.45, 2.75) is 72.3 Å². The van der Waals surface area contributed by atoms with Crippen molar-refractivity contribution in [1.29, 1.82) is 0 Å². The monoisotopic (exact) mass is 242 g/mol. The molecule has 0 aromatic heterocycles. The van der Waals surface area contributed by atoms with Crippen molar-refractivity contribution in [3.05, 3.63) is 0 Å². The molecule has 1 unspecified atom stereocenters. The predicted octanol–water partition coefficient (Wildman–Crippen LogP) is 3.77. The molecule has 1 heterocycles. The molecule has 17 heavy (non-hydrogen) atoms. The van der Waals surface area contributed by atoms with Crippen LogP contribution in [0.2, 0.25) is 0 Å². The maximum Gasteiger partial charge on any atom is 0.0787 e. The van der Waals surface area contributed by atoms with Gasteiger partial charge in [0.25, 0.3) is 0 Å². The first-order valence-electron chi connectivity index (χ1n) is 7.20. The highest BCUT2D eigenvalue weighted by Gasteiger charge is 2.59. The molecular weight excluding hydrogens is 212 g/mol. The number of ether oxygens (including phenoxy) is 1. The van der Waals surface area contributed by atoms with Crippen molar-refractivity contribution in [3.63, 3.8) is 0 Å². The summed E-state index contributed by atoms with van der Waals surface area (Å²) in [6, 6.07) is 0. The second-order valence-electron chi connectivity index (χ2n) is 6.12. The van der Waals surface area contributed by atoms with Crippen LogP contribution in [0, 0.1) is 10.8 Å². The first-order chi connectivity index (χ1) is 7.95. The predicted molar refractivity (Wildman–Crippen MR) is 72.1 cm³/mol. The molecule has 0 aliphatic carbocycles. The Bertz CT molecular complexity index is 243. The number of aliphatic hydroxyl groups is 1. The fraction of sp³-hybridized carbons (Fsp3) is 1.00. The molecule has 1 atom stereocenters. The van der Waals surface area contributed by atoms with Crippen molar-refractivity contribution in [3.8, 4) is 0 Å². The van der Waals surface area contributed by atoms with Gasteiger partial charge in [0.05, 0.1) is 5.60 Å². The minimum atomic E-state index is -0.0633. The smallest absolute Gasteiger partial charge is 0.0787 e. The third kappa shape index (κ3) is 2.04. The molecule has 2 nitrogen and oxygen atoms in total. The van der Waals surface area contributed by atoms with E-state index in [0.717, 1.165) is 19.4 Å². The number of aliphatic hydroxyl groups excluding tert-OH is 1. The molecule has 1 aliphatic heterocycles. The molecule has 0 spiro atoms.